The van der Waals surface area contributed by atoms with Gasteiger partial charge in [0, 0.05) is 5.57 Å². The van der Waals surface area contributed by atoms with Crippen molar-refractivity contribution in [3.8, 4) is 0 Å². The highest BCUT2D eigenvalue weighted by molar-refractivity contribution is 6.12. The topological polar surface area (TPSA) is 29.4 Å². The molecule has 0 N–H and O–H groups in total. The first kappa shape index (κ1) is 14.0. The van der Waals surface area contributed by atoms with E-state index < -0.39 is 0 Å². The average Bonchev–Trinajstić information content (AvgIpc) is 2.47. The number of nitrogens with zero attached hydrogens (tertiary/aromatic N) is 1. The monoisotopic (exact) mass is 279 g/mol. The Bertz CT molecular complexity index is 677. The quantitative estimate of drug-likeness (QED) is 0.749. The second-order valence-corrected chi connectivity index (χ2v) is 5.96. The molecule has 0 saturated carbocycles. The highest BCUT2D eigenvalue weighted by atomic mass is 16.1. The third-order valence-corrected chi connectivity index (χ3v) is 4.43. The molecule has 2 nitrogen and oxygen atoms in total. The zero-order valence-corrected chi connectivity index (χ0v) is 12.8. The molecule has 1 aromatic carbocycles. The van der Waals surface area contributed by atoms with Gasteiger partial charge in [-0.1, -0.05) is 35.9 Å². The van der Waals surface area contributed by atoms with Crippen LogP contribution in [0.3, 0.4) is 0 Å². The number of benzene rings is 1. The van der Waals surface area contributed by atoms with E-state index >= 15 is 0 Å². The third-order valence-electron chi connectivity index (χ3n) is 4.43. The Morgan fingerprint density at radius 1 is 1.10 bits per heavy atom. The number of aryl methyl sites for hydroxylation is 1. The van der Waals surface area contributed by atoms with Gasteiger partial charge in [-0.15, -0.1) is 0 Å². The number of rotatable bonds is 1. The van der Waals surface area contributed by atoms with Gasteiger partial charge in [-0.25, -0.2) is 4.99 Å². The molecular formula is C19H21NO. The zero-order chi connectivity index (χ0) is 14.8. The van der Waals surface area contributed by atoms with Gasteiger partial charge in [-0.3, -0.25) is 4.79 Å². The number of fused-ring (bicyclic) bond motifs is 1. The van der Waals surface area contributed by atoms with Crippen molar-refractivity contribution >= 4 is 11.6 Å². The van der Waals surface area contributed by atoms with Gasteiger partial charge in [0.2, 0.25) is 0 Å². The van der Waals surface area contributed by atoms with Crippen molar-refractivity contribution in [2.24, 2.45) is 4.99 Å². The molecule has 0 saturated heterocycles. The Hall–Kier alpha value is -1.96. The molecule has 0 heterocycles. The molecule has 0 aliphatic heterocycles. The van der Waals surface area contributed by atoms with Crippen LogP contribution in [0.4, 0.5) is 0 Å². The molecule has 0 radical (unpaired) electrons. The van der Waals surface area contributed by atoms with Crippen LogP contribution in [0.15, 0.2) is 52.1 Å². The van der Waals surface area contributed by atoms with Crippen LogP contribution in [0, 0.1) is 0 Å². The molecule has 0 aromatic heterocycles. The van der Waals surface area contributed by atoms with Gasteiger partial charge < -0.3 is 0 Å². The highest BCUT2D eigenvalue weighted by Gasteiger charge is 2.20. The van der Waals surface area contributed by atoms with E-state index in [-0.39, 0.29) is 5.91 Å². The molecule has 0 spiro atoms. The maximum Gasteiger partial charge on any atom is 0.277 e. The minimum absolute atomic E-state index is 0.0624. The van der Waals surface area contributed by atoms with Crippen LogP contribution in [0.5, 0.6) is 0 Å². The number of carbonyl (C=O) groups excluding carboxylic acids is 1. The van der Waals surface area contributed by atoms with E-state index in [1.807, 2.05) is 13.0 Å². The molecular weight excluding hydrogens is 258 g/mol. The molecule has 3 rings (SSSR count). The van der Waals surface area contributed by atoms with Gasteiger partial charge in [0.05, 0.1) is 5.71 Å². The number of carbonyl (C=O) groups is 1. The van der Waals surface area contributed by atoms with Crippen LogP contribution in [0.25, 0.3) is 0 Å². The first-order valence-corrected chi connectivity index (χ1v) is 7.74. The van der Waals surface area contributed by atoms with Crippen LogP contribution in [-0.4, -0.2) is 11.6 Å². The summed E-state index contributed by atoms with van der Waals surface area (Å²) in [6.45, 7) is 4.07. The predicted molar refractivity (Wildman–Crippen MR) is 86.6 cm³/mol. The van der Waals surface area contributed by atoms with E-state index in [1.165, 1.54) is 11.1 Å². The molecule has 0 fully saturated rings. The van der Waals surface area contributed by atoms with Crippen LogP contribution < -0.4 is 0 Å². The van der Waals surface area contributed by atoms with Gasteiger partial charge in [-0.2, -0.15) is 0 Å². The molecule has 2 aliphatic rings. The fraction of sp³-hybridized carbons (Fsp3) is 0.368. The second kappa shape index (κ2) is 5.80. The van der Waals surface area contributed by atoms with E-state index in [0.717, 1.165) is 54.5 Å². The van der Waals surface area contributed by atoms with Crippen molar-refractivity contribution in [2.45, 2.75) is 46.0 Å². The Labute approximate surface area is 126 Å². The molecule has 21 heavy (non-hydrogen) atoms. The lowest BCUT2D eigenvalue weighted by atomic mass is 9.89. The van der Waals surface area contributed by atoms with E-state index in [4.69, 9.17) is 0 Å². The minimum Gasteiger partial charge on any atom is -0.267 e. The lowest BCUT2D eigenvalue weighted by Crippen LogP contribution is -2.15. The Kier molecular flexibility index (Phi) is 3.87. The number of allylic oxidation sites excluding steroid dienone is 2. The Balaban J connectivity index is 1.96. The molecule has 0 bridgehead atoms. The summed E-state index contributed by atoms with van der Waals surface area (Å²) in [6, 6.07) is 8.32. The molecule has 1 aromatic rings. The summed E-state index contributed by atoms with van der Waals surface area (Å²) in [5.74, 6) is -0.0624. The molecule has 1 amide bonds. The van der Waals surface area contributed by atoms with Crippen molar-refractivity contribution < 1.29 is 4.79 Å². The summed E-state index contributed by atoms with van der Waals surface area (Å²) in [5.41, 5.74) is 6.52. The smallest absolute Gasteiger partial charge is 0.267 e. The molecule has 2 heteroatoms. The summed E-state index contributed by atoms with van der Waals surface area (Å²) in [4.78, 5) is 17.1. The number of amides is 1. The maximum atomic E-state index is 12.6. The molecule has 0 atom stereocenters. The average molecular weight is 279 g/mol. The van der Waals surface area contributed by atoms with Crippen molar-refractivity contribution in [3.63, 3.8) is 0 Å². The second-order valence-electron chi connectivity index (χ2n) is 5.96. The van der Waals surface area contributed by atoms with Crippen molar-refractivity contribution in [1.82, 2.24) is 0 Å². The summed E-state index contributed by atoms with van der Waals surface area (Å²) < 4.78 is 0. The van der Waals surface area contributed by atoms with Crippen molar-refractivity contribution in [1.29, 1.82) is 0 Å². The molecule has 0 unspecified atom stereocenters. The summed E-state index contributed by atoms with van der Waals surface area (Å²) >= 11 is 0. The van der Waals surface area contributed by atoms with Gasteiger partial charge in [0.15, 0.2) is 0 Å². The van der Waals surface area contributed by atoms with Gasteiger partial charge >= 0.3 is 0 Å². The SMILES string of the molecule is CC1=CCCC(C)=C1C(=O)/N=C1\CCCc2ccccc21. The van der Waals surface area contributed by atoms with E-state index in [2.05, 4.69) is 36.2 Å². The summed E-state index contributed by atoms with van der Waals surface area (Å²) in [7, 11) is 0. The lowest BCUT2D eigenvalue weighted by Gasteiger charge is -2.19. The van der Waals surface area contributed by atoms with Crippen molar-refractivity contribution in [3.05, 3.63) is 58.2 Å². The molecule has 2 aliphatic carbocycles. The standard InChI is InChI=1S/C19H21NO/c1-13-7-5-8-14(2)18(13)19(21)20-17-12-6-10-15-9-3-4-11-16(15)17/h3-4,7,9,11H,5-6,8,10,12H2,1-2H3/b20-17+. The summed E-state index contributed by atoms with van der Waals surface area (Å²) in [6.07, 6.45) is 7.22. The highest BCUT2D eigenvalue weighted by Crippen LogP contribution is 2.27. The van der Waals surface area contributed by atoms with E-state index in [1.54, 1.807) is 0 Å². The number of hydrogen-bond acceptors (Lipinski definition) is 1. The van der Waals surface area contributed by atoms with Gasteiger partial charge in [-0.05, 0) is 62.7 Å². The fourth-order valence-electron chi connectivity index (χ4n) is 3.32. The maximum absolute atomic E-state index is 12.6. The first-order valence-electron chi connectivity index (χ1n) is 7.74. The van der Waals surface area contributed by atoms with Crippen LogP contribution >= 0.6 is 0 Å². The van der Waals surface area contributed by atoms with Crippen LogP contribution in [0.2, 0.25) is 0 Å². The molecule has 108 valence electrons. The zero-order valence-electron chi connectivity index (χ0n) is 12.8. The summed E-state index contributed by atoms with van der Waals surface area (Å²) in [5, 5.41) is 0. The fourth-order valence-corrected chi connectivity index (χ4v) is 3.32. The van der Waals surface area contributed by atoms with E-state index in [9.17, 15) is 4.79 Å². The van der Waals surface area contributed by atoms with Crippen LogP contribution in [-0.2, 0) is 11.2 Å². The lowest BCUT2D eigenvalue weighted by molar-refractivity contribution is -0.114. The number of aliphatic imine (C=N–C) groups is 1. The third kappa shape index (κ3) is 2.76. The minimum atomic E-state index is -0.0624. The number of hydrogen-bond donors (Lipinski definition) is 0. The van der Waals surface area contributed by atoms with Gasteiger partial charge in [0.25, 0.3) is 5.91 Å². The largest absolute Gasteiger partial charge is 0.277 e. The predicted octanol–water partition coefficient (Wildman–Crippen LogP) is 4.40. The normalized spacial score (nSPS) is 20.3. The van der Waals surface area contributed by atoms with Crippen LogP contribution in [0.1, 0.15) is 50.7 Å². The first-order chi connectivity index (χ1) is 10.2. The Morgan fingerprint density at radius 2 is 1.90 bits per heavy atom. The Morgan fingerprint density at radius 3 is 2.71 bits per heavy atom. The van der Waals surface area contributed by atoms with Gasteiger partial charge in [0.1, 0.15) is 0 Å². The van der Waals surface area contributed by atoms with E-state index in [0.29, 0.717) is 0 Å². The van der Waals surface area contributed by atoms with Crippen molar-refractivity contribution in [2.75, 3.05) is 0 Å².